The fraction of sp³-hybridized carbons (Fsp3) is 0.867. The number of nitrogens with two attached hydrogens (primary N) is 1. The summed E-state index contributed by atoms with van der Waals surface area (Å²) in [5, 5.41) is 3.15. The molecule has 0 atom stereocenters. The third-order valence-electron chi connectivity index (χ3n) is 5.33. The topological polar surface area (TPSA) is 55.1 Å². The van der Waals surface area contributed by atoms with Crippen LogP contribution >= 0.6 is 12.2 Å². The average Bonchev–Trinajstić information content (AvgIpc) is 3.17. The number of amides is 1. The molecule has 108 valence electrons. The predicted molar refractivity (Wildman–Crippen MR) is 81.8 cm³/mol. The Morgan fingerprint density at radius 1 is 1.21 bits per heavy atom. The van der Waals surface area contributed by atoms with Gasteiger partial charge in [0.25, 0.3) is 0 Å². The number of carbonyl (C=O) groups excluding carboxylic acids is 1. The normalized spacial score (nSPS) is 23.9. The molecule has 2 aliphatic carbocycles. The molecule has 0 unspecified atom stereocenters. The van der Waals surface area contributed by atoms with Gasteiger partial charge >= 0.3 is 0 Å². The van der Waals surface area contributed by atoms with Crippen molar-refractivity contribution >= 4 is 23.1 Å². The highest BCUT2D eigenvalue weighted by atomic mass is 32.1. The van der Waals surface area contributed by atoms with Crippen LogP contribution in [0.2, 0.25) is 0 Å². The Balaban J connectivity index is 1.99. The maximum atomic E-state index is 12.6. The van der Waals surface area contributed by atoms with E-state index in [4.69, 9.17) is 18.0 Å². The summed E-state index contributed by atoms with van der Waals surface area (Å²) < 4.78 is 0. The van der Waals surface area contributed by atoms with Crippen LogP contribution in [0.25, 0.3) is 0 Å². The van der Waals surface area contributed by atoms with Crippen molar-refractivity contribution in [2.24, 2.45) is 22.5 Å². The molecule has 4 heteroatoms. The van der Waals surface area contributed by atoms with Gasteiger partial charge in [-0.3, -0.25) is 4.79 Å². The van der Waals surface area contributed by atoms with E-state index in [2.05, 4.69) is 19.2 Å². The number of thiocarbonyl (C=S) groups is 1. The second-order valence-electron chi connectivity index (χ2n) is 6.71. The van der Waals surface area contributed by atoms with Gasteiger partial charge in [0, 0.05) is 6.54 Å². The summed E-state index contributed by atoms with van der Waals surface area (Å²) >= 11 is 5.20. The summed E-state index contributed by atoms with van der Waals surface area (Å²) in [4.78, 5) is 13.0. The summed E-state index contributed by atoms with van der Waals surface area (Å²) in [6.45, 7) is 5.26. The van der Waals surface area contributed by atoms with E-state index in [1.54, 1.807) is 0 Å². The summed E-state index contributed by atoms with van der Waals surface area (Å²) in [7, 11) is 0. The second kappa shape index (κ2) is 5.39. The molecular weight excluding hydrogens is 256 g/mol. The quantitative estimate of drug-likeness (QED) is 0.762. The number of hydrogen-bond donors (Lipinski definition) is 2. The van der Waals surface area contributed by atoms with Gasteiger partial charge in [-0.25, -0.2) is 0 Å². The SMILES string of the molecule is CC(C)C1(CNC(=O)C2(C(N)=S)CCCCC2)CC1. The zero-order valence-electron chi connectivity index (χ0n) is 12.1. The van der Waals surface area contributed by atoms with Crippen LogP contribution in [-0.4, -0.2) is 17.4 Å². The summed E-state index contributed by atoms with van der Waals surface area (Å²) in [5.41, 5.74) is 5.65. The Bertz CT molecular complexity index is 368. The van der Waals surface area contributed by atoms with Crippen molar-refractivity contribution in [1.29, 1.82) is 0 Å². The second-order valence-corrected chi connectivity index (χ2v) is 7.15. The smallest absolute Gasteiger partial charge is 0.233 e. The lowest BCUT2D eigenvalue weighted by Gasteiger charge is -2.35. The van der Waals surface area contributed by atoms with Crippen LogP contribution in [0.3, 0.4) is 0 Å². The van der Waals surface area contributed by atoms with Gasteiger partial charge in [0.1, 0.15) is 0 Å². The molecule has 0 radical (unpaired) electrons. The zero-order chi connectivity index (χ0) is 14.1. The van der Waals surface area contributed by atoms with Crippen LogP contribution < -0.4 is 11.1 Å². The van der Waals surface area contributed by atoms with Crippen LogP contribution in [0.1, 0.15) is 58.8 Å². The highest BCUT2D eigenvalue weighted by molar-refractivity contribution is 7.80. The van der Waals surface area contributed by atoms with E-state index in [-0.39, 0.29) is 5.91 Å². The Morgan fingerprint density at radius 2 is 1.79 bits per heavy atom. The van der Waals surface area contributed by atoms with E-state index in [0.29, 0.717) is 16.3 Å². The molecule has 1 amide bonds. The molecular formula is C15H26N2OS. The highest BCUT2D eigenvalue weighted by Gasteiger charge is 2.47. The fourth-order valence-corrected chi connectivity index (χ4v) is 3.58. The van der Waals surface area contributed by atoms with Gasteiger partial charge < -0.3 is 11.1 Å². The van der Waals surface area contributed by atoms with E-state index in [9.17, 15) is 4.79 Å². The minimum absolute atomic E-state index is 0.0756. The van der Waals surface area contributed by atoms with Gasteiger partial charge in [-0.1, -0.05) is 45.3 Å². The first kappa shape index (κ1) is 14.8. The number of rotatable bonds is 5. The van der Waals surface area contributed by atoms with Crippen molar-refractivity contribution in [3.8, 4) is 0 Å². The molecule has 0 heterocycles. The van der Waals surface area contributed by atoms with E-state index in [1.165, 1.54) is 19.3 Å². The summed E-state index contributed by atoms with van der Waals surface area (Å²) in [6.07, 6.45) is 7.40. The third kappa shape index (κ3) is 2.78. The molecule has 2 fully saturated rings. The zero-order valence-corrected chi connectivity index (χ0v) is 12.9. The lowest BCUT2D eigenvalue weighted by Crippen LogP contribution is -2.51. The predicted octanol–water partition coefficient (Wildman–Crippen LogP) is 2.78. The monoisotopic (exact) mass is 282 g/mol. The lowest BCUT2D eigenvalue weighted by atomic mass is 9.73. The molecule has 19 heavy (non-hydrogen) atoms. The number of carbonyl (C=O) groups is 1. The van der Waals surface area contributed by atoms with Crippen LogP contribution in [-0.2, 0) is 4.79 Å². The van der Waals surface area contributed by atoms with Gasteiger partial charge in [-0.2, -0.15) is 0 Å². The minimum Gasteiger partial charge on any atom is -0.392 e. The van der Waals surface area contributed by atoms with Crippen molar-refractivity contribution in [1.82, 2.24) is 5.32 Å². The average molecular weight is 282 g/mol. The Morgan fingerprint density at radius 3 is 2.21 bits per heavy atom. The molecule has 3 N–H and O–H groups in total. The van der Waals surface area contributed by atoms with Gasteiger partial charge in [0.15, 0.2) is 0 Å². The van der Waals surface area contributed by atoms with Gasteiger partial charge in [-0.05, 0) is 37.0 Å². The van der Waals surface area contributed by atoms with E-state index in [0.717, 1.165) is 32.2 Å². The Labute approximate surface area is 121 Å². The first-order chi connectivity index (χ1) is 8.93. The first-order valence-electron chi connectivity index (χ1n) is 7.51. The maximum Gasteiger partial charge on any atom is 0.233 e. The van der Waals surface area contributed by atoms with E-state index < -0.39 is 5.41 Å². The Hall–Kier alpha value is -0.640. The van der Waals surface area contributed by atoms with Crippen molar-refractivity contribution in [2.45, 2.75) is 58.8 Å². The summed E-state index contributed by atoms with van der Waals surface area (Å²) in [5.74, 6) is 0.701. The molecule has 2 aliphatic rings. The van der Waals surface area contributed by atoms with Gasteiger partial charge in [0.05, 0.1) is 10.4 Å². The maximum absolute atomic E-state index is 12.6. The van der Waals surface area contributed by atoms with Gasteiger partial charge in [0.2, 0.25) is 5.91 Å². The molecule has 2 saturated carbocycles. The molecule has 0 aromatic rings. The fourth-order valence-electron chi connectivity index (χ4n) is 3.28. The third-order valence-corrected chi connectivity index (χ3v) is 5.72. The summed E-state index contributed by atoms with van der Waals surface area (Å²) in [6, 6.07) is 0. The van der Waals surface area contributed by atoms with Gasteiger partial charge in [-0.15, -0.1) is 0 Å². The van der Waals surface area contributed by atoms with E-state index >= 15 is 0 Å². The van der Waals surface area contributed by atoms with Crippen LogP contribution in [0.4, 0.5) is 0 Å². The lowest BCUT2D eigenvalue weighted by molar-refractivity contribution is -0.129. The van der Waals surface area contributed by atoms with Crippen LogP contribution in [0, 0.1) is 16.7 Å². The van der Waals surface area contributed by atoms with Crippen molar-refractivity contribution < 1.29 is 4.79 Å². The molecule has 0 saturated heterocycles. The molecule has 0 aliphatic heterocycles. The minimum atomic E-state index is -0.569. The molecule has 0 aromatic carbocycles. The van der Waals surface area contributed by atoms with Crippen LogP contribution in [0.15, 0.2) is 0 Å². The highest BCUT2D eigenvalue weighted by Crippen LogP contribution is 2.51. The molecule has 0 bridgehead atoms. The van der Waals surface area contributed by atoms with E-state index in [1.807, 2.05) is 0 Å². The molecule has 3 nitrogen and oxygen atoms in total. The van der Waals surface area contributed by atoms with Crippen molar-refractivity contribution in [3.63, 3.8) is 0 Å². The molecule has 2 rings (SSSR count). The number of hydrogen-bond acceptors (Lipinski definition) is 2. The van der Waals surface area contributed by atoms with Crippen molar-refractivity contribution in [3.05, 3.63) is 0 Å². The molecule has 0 aromatic heterocycles. The first-order valence-corrected chi connectivity index (χ1v) is 7.92. The van der Waals surface area contributed by atoms with Crippen molar-refractivity contribution in [2.75, 3.05) is 6.54 Å². The number of nitrogens with one attached hydrogen (secondary N) is 1. The standard InChI is InChI=1S/C15H26N2OS/c1-11(2)14(8-9-14)10-17-13(18)15(12(16)19)6-4-3-5-7-15/h11H,3-10H2,1-2H3,(H2,16,19)(H,17,18). The molecule has 0 spiro atoms. The largest absolute Gasteiger partial charge is 0.392 e. The Kier molecular flexibility index (Phi) is 4.19. The van der Waals surface area contributed by atoms with Crippen LogP contribution in [0.5, 0.6) is 0 Å².